The second-order valence-corrected chi connectivity index (χ2v) is 5.54. The third-order valence-corrected chi connectivity index (χ3v) is 2.98. The molecule has 1 amide bonds. The minimum Gasteiger partial charge on any atom is -0.325 e. The summed E-state index contributed by atoms with van der Waals surface area (Å²) in [6, 6.07) is 5.75. The number of carbonyl (C=O) groups is 1. The van der Waals surface area contributed by atoms with E-state index < -0.39 is 18.6 Å². The molecule has 1 aromatic rings. The van der Waals surface area contributed by atoms with Crippen molar-refractivity contribution in [2.24, 2.45) is 11.7 Å². The first-order chi connectivity index (χ1) is 9.67. The van der Waals surface area contributed by atoms with Crippen molar-refractivity contribution in [3.8, 4) is 0 Å². The van der Waals surface area contributed by atoms with Crippen LogP contribution in [0.1, 0.15) is 32.3 Å². The number of benzene rings is 1. The lowest BCUT2D eigenvalue weighted by molar-refractivity contribution is -0.134. The van der Waals surface area contributed by atoms with E-state index in [2.05, 4.69) is 5.32 Å². The molecule has 0 radical (unpaired) electrons. The van der Waals surface area contributed by atoms with Crippen LogP contribution in [0.2, 0.25) is 0 Å². The van der Waals surface area contributed by atoms with E-state index in [9.17, 15) is 18.0 Å². The average Bonchev–Trinajstić information content (AvgIpc) is 2.36. The van der Waals surface area contributed by atoms with Gasteiger partial charge in [-0.05, 0) is 36.5 Å². The third kappa shape index (κ3) is 7.13. The molecule has 0 saturated heterocycles. The van der Waals surface area contributed by atoms with Gasteiger partial charge in [0.2, 0.25) is 5.91 Å². The van der Waals surface area contributed by atoms with Gasteiger partial charge in [0, 0.05) is 12.1 Å². The highest BCUT2D eigenvalue weighted by Crippen LogP contribution is 2.22. The summed E-state index contributed by atoms with van der Waals surface area (Å²) >= 11 is 0. The summed E-state index contributed by atoms with van der Waals surface area (Å²) < 4.78 is 36.3. The Bertz CT molecular complexity index is 455. The second kappa shape index (κ2) is 7.45. The molecule has 0 bridgehead atoms. The Kier molecular flexibility index (Phi) is 6.20. The Labute approximate surface area is 122 Å². The summed E-state index contributed by atoms with van der Waals surface area (Å²) in [6.07, 6.45) is -4.49. The highest BCUT2D eigenvalue weighted by Gasteiger charge is 2.26. The number of nitrogens with two attached hydrogens (primary N) is 1. The lowest BCUT2D eigenvalue weighted by atomic mass is 10.0. The number of amides is 1. The van der Waals surface area contributed by atoms with Gasteiger partial charge >= 0.3 is 6.18 Å². The molecular weight excluding hydrogens is 281 g/mol. The molecule has 21 heavy (non-hydrogen) atoms. The van der Waals surface area contributed by atoms with Crippen molar-refractivity contribution in [2.45, 2.75) is 45.3 Å². The van der Waals surface area contributed by atoms with E-state index >= 15 is 0 Å². The molecule has 0 saturated carbocycles. The highest BCUT2D eigenvalue weighted by molar-refractivity contribution is 5.94. The van der Waals surface area contributed by atoms with E-state index in [1.54, 1.807) is 24.3 Å². The quantitative estimate of drug-likeness (QED) is 0.845. The molecule has 0 aliphatic heterocycles. The number of anilines is 1. The van der Waals surface area contributed by atoms with Crippen molar-refractivity contribution in [1.82, 2.24) is 0 Å². The number of nitrogens with one attached hydrogen (secondary N) is 1. The Balaban J connectivity index is 2.52. The summed E-state index contributed by atoms with van der Waals surface area (Å²) in [5, 5.41) is 2.66. The van der Waals surface area contributed by atoms with E-state index in [0.717, 1.165) is 0 Å². The Morgan fingerprint density at radius 3 is 2.29 bits per heavy atom. The van der Waals surface area contributed by atoms with E-state index in [1.807, 2.05) is 13.8 Å². The molecule has 0 aliphatic rings. The standard InChI is InChI=1S/C15H21F3N2O/c1-10(2)9-13(19)14(21)20-12-5-3-11(4-6-12)7-8-15(16,17)18/h3-6,10,13H,7-9,19H2,1-2H3,(H,20,21)/t13-/m0/s1. The highest BCUT2D eigenvalue weighted by atomic mass is 19.4. The summed E-state index contributed by atoms with van der Waals surface area (Å²) in [5.41, 5.74) is 6.87. The van der Waals surface area contributed by atoms with Crippen LogP contribution in [0.5, 0.6) is 0 Å². The first-order valence-corrected chi connectivity index (χ1v) is 6.89. The number of hydrogen-bond donors (Lipinski definition) is 2. The van der Waals surface area contributed by atoms with Gasteiger partial charge in [-0.15, -0.1) is 0 Å². The summed E-state index contributed by atoms with van der Waals surface area (Å²) in [5.74, 6) is 0.0298. The summed E-state index contributed by atoms with van der Waals surface area (Å²) in [7, 11) is 0. The number of carbonyl (C=O) groups excluding carboxylic acids is 1. The van der Waals surface area contributed by atoms with Gasteiger partial charge in [0.25, 0.3) is 0 Å². The zero-order chi connectivity index (χ0) is 16.0. The second-order valence-electron chi connectivity index (χ2n) is 5.54. The van der Waals surface area contributed by atoms with Crippen LogP contribution in [0.4, 0.5) is 18.9 Å². The van der Waals surface area contributed by atoms with E-state index in [4.69, 9.17) is 5.73 Å². The largest absolute Gasteiger partial charge is 0.389 e. The fraction of sp³-hybridized carbons (Fsp3) is 0.533. The van der Waals surface area contributed by atoms with Crippen LogP contribution < -0.4 is 11.1 Å². The molecule has 0 spiro atoms. The molecule has 0 aromatic heterocycles. The summed E-state index contributed by atoms with van der Waals surface area (Å²) in [6.45, 7) is 3.95. The molecule has 118 valence electrons. The molecule has 3 nitrogen and oxygen atoms in total. The van der Waals surface area contributed by atoms with Crippen molar-refractivity contribution in [3.63, 3.8) is 0 Å². The number of aryl methyl sites for hydroxylation is 1. The molecule has 6 heteroatoms. The molecule has 0 fully saturated rings. The first-order valence-electron chi connectivity index (χ1n) is 6.89. The topological polar surface area (TPSA) is 55.1 Å². The van der Waals surface area contributed by atoms with Crippen LogP contribution in [0, 0.1) is 5.92 Å². The SMILES string of the molecule is CC(C)C[C@H](N)C(=O)Nc1ccc(CCC(F)(F)F)cc1. The number of hydrogen-bond acceptors (Lipinski definition) is 2. The van der Waals surface area contributed by atoms with Crippen LogP contribution in [0.15, 0.2) is 24.3 Å². The van der Waals surface area contributed by atoms with Crippen molar-refractivity contribution in [2.75, 3.05) is 5.32 Å². The van der Waals surface area contributed by atoms with E-state index in [-0.39, 0.29) is 12.3 Å². The maximum atomic E-state index is 12.1. The zero-order valence-electron chi connectivity index (χ0n) is 12.2. The van der Waals surface area contributed by atoms with Crippen LogP contribution >= 0.6 is 0 Å². The van der Waals surface area contributed by atoms with Gasteiger partial charge in [0.1, 0.15) is 0 Å². The molecule has 0 aliphatic carbocycles. The van der Waals surface area contributed by atoms with Crippen LogP contribution in [-0.2, 0) is 11.2 Å². The minimum atomic E-state index is -4.16. The van der Waals surface area contributed by atoms with Crippen LogP contribution in [0.3, 0.4) is 0 Å². The first kappa shape index (κ1) is 17.5. The van der Waals surface area contributed by atoms with Crippen molar-refractivity contribution in [3.05, 3.63) is 29.8 Å². The van der Waals surface area contributed by atoms with Gasteiger partial charge in [-0.25, -0.2) is 0 Å². The lowest BCUT2D eigenvalue weighted by Crippen LogP contribution is -2.36. The summed E-state index contributed by atoms with van der Waals surface area (Å²) in [4.78, 5) is 11.8. The molecule has 0 heterocycles. The molecule has 1 rings (SSSR count). The Morgan fingerprint density at radius 1 is 1.24 bits per heavy atom. The van der Waals surface area contributed by atoms with Crippen molar-refractivity contribution in [1.29, 1.82) is 0 Å². The van der Waals surface area contributed by atoms with E-state index in [1.165, 1.54) is 0 Å². The number of rotatable bonds is 6. The van der Waals surface area contributed by atoms with Gasteiger partial charge in [-0.1, -0.05) is 26.0 Å². The molecule has 1 aromatic carbocycles. The lowest BCUT2D eigenvalue weighted by Gasteiger charge is -2.14. The van der Waals surface area contributed by atoms with Gasteiger partial charge in [-0.2, -0.15) is 13.2 Å². The molecule has 0 unspecified atom stereocenters. The van der Waals surface area contributed by atoms with Crippen LogP contribution in [-0.4, -0.2) is 18.1 Å². The predicted molar refractivity (Wildman–Crippen MR) is 76.9 cm³/mol. The fourth-order valence-electron chi connectivity index (χ4n) is 1.89. The van der Waals surface area contributed by atoms with Gasteiger partial charge in [0.05, 0.1) is 6.04 Å². The van der Waals surface area contributed by atoms with Gasteiger partial charge in [-0.3, -0.25) is 4.79 Å². The van der Waals surface area contributed by atoms with Crippen LogP contribution in [0.25, 0.3) is 0 Å². The third-order valence-electron chi connectivity index (χ3n) is 2.98. The predicted octanol–water partition coefficient (Wildman–Crippen LogP) is 3.49. The maximum absolute atomic E-state index is 12.1. The zero-order valence-corrected chi connectivity index (χ0v) is 12.2. The number of alkyl halides is 3. The average molecular weight is 302 g/mol. The van der Waals surface area contributed by atoms with Gasteiger partial charge < -0.3 is 11.1 Å². The Hall–Kier alpha value is -1.56. The smallest absolute Gasteiger partial charge is 0.325 e. The minimum absolute atomic E-state index is 0.0649. The Morgan fingerprint density at radius 2 is 1.81 bits per heavy atom. The normalized spacial score (nSPS) is 13.3. The number of halogens is 3. The molecule has 1 atom stereocenters. The van der Waals surface area contributed by atoms with E-state index in [0.29, 0.717) is 23.6 Å². The fourth-order valence-corrected chi connectivity index (χ4v) is 1.89. The van der Waals surface area contributed by atoms with Gasteiger partial charge in [0.15, 0.2) is 0 Å². The van der Waals surface area contributed by atoms with Crippen molar-refractivity contribution >= 4 is 11.6 Å². The monoisotopic (exact) mass is 302 g/mol. The maximum Gasteiger partial charge on any atom is 0.389 e. The molecule has 3 N–H and O–H groups in total. The van der Waals surface area contributed by atoms with Crippen molar-refractivity contribution < 1.29 is 18.0 Å². The molecular formula is C15H21F3N2O.